The van der Waals surface area contributed by atoms with Crippen molar-refractivity contribution < 1.29 is 0 Å². The zero-order valence-corrected chi connectivity index (χ0v) is 9.44. The lowest BCUT2D eigenvalue weighted by Crippen LogP contribution is -2.59. The highest BCUT2D eigenvalue weighted by Gasteiger charge is 2.40. The smallest absolute Gasteiger partial charge is 0.0312 e. The second-order valence-electron chi connectivity index (χ2n) is 4.43. The molecule has 0 aromatic carbocycles. The quantitative estimate of drug-likeness (QED) is 0.797. The van der Waals surface area contributed by atoms with Crippen LogP contribution in [0.25, 0.3) is 0 Å². The number of thiophene rings is 1. The summed E-state index contributed by atoms with van der Waals surface area (Å²) in [6.45, 7) is 4.03. The highest BCUT2D eigenvalue weighted by Crippen LogP contribution is 2.36. The van der Waals surface area contributed by atoms with E-state index in [1.807, 2.05) is 0 Å². The van der Waals surface area contributed by atoms with Crippen molar-refractivity contribution in [3.63, 3.8) is 0 Å². The lowest BCUT2D eigenvalue weighted by molar-refractivity contribution is 0.122. The average molecular weight is 210 g/mol. The molecule has 1 saturated carbocycles. The van der Waals surface area contributed by atoms with Gasteiger partial charge in [0.1, 0.15) is 0 Å². The van der Waals surface area contributed by atoms with Crippen molar-refractivity contribution in [1.82, 2.24) is 5.32 Å². The molecule has 78 valence electrons. The van der Waals surface area contributed by atoms with Gasteiger partial charge in [0.2, 0.25) is 0 Å². The molecule has 1 fully saturated rings. The van der Waals surface area contributed by atoms with E-state index in [0.717, 1.165) is 19.0 Å². The molecule has 2 rings (SSSR count). The summed E-state index contributed by atoms with van der Waals surface area (Å²) < 4.78 is 0. The Morgan fingerprint density at radius 1 is 1.64 bits per heavy atom. The molecule has 0 atom stereocenters. The van der Waals surface area contributed by atoms with Gasteiger partial charge in [0.05, 0.1) is 0 Å². The molecule has 3 N–H and O–H groups in total. The van der Waals surface area contributed by atoms with Crippen LogP contribution in [0, 0.1) is 5.92 Å². The van der Waals surface area contributed by atoms with E-state index in [-0.39, 0.29) is 5.54 Å². The van der Waals surface area contributed by atoms with Crippen molar-refractivity contribution in [1.29, 1.82) is 0 Å². The molecule has 3 heteroatoms. The van der Waals surface area contributed by atoms with E-state index in [1.165, 1.54) is 17.7 Å². The first-order chi connectivity index (χ1) is 6.74. The molecule has 14 heavy (non-hydrogen) atoms. The topological polar surface area (TPSA) is 38.0 Å². The normalized spacial score (nSPS) is 31.4. The molecular weight excluding hydrogens is 192 g/mol. The fraction of sp³-hybridized carbons (Fsp3) is 0.636. The summed E-state index contributed by atoms with van der Waals surface area (Å²) >= 11 is 1.81. The molecule has 0 radical (unpaired) electrons. The molecule has 1 aliphatic rings. The molecule has 1 aromatic rings. The molecule has 2 nitrogen and oxygen atoms in total. The third-order valence-corrected chi connectivity index (χ3v) is 3.96. The molecule has 0 unspecified atom stereocenters. The van der Waals surface area contributed by atoms with E-state index in [2.05, 4.69) is 29.8 Å². The van der Waals surface area contributed by atoms with Crippen LogP contribution in [-0.2, 0) is 6.54 Å². The fourth-order valence-electron chi connectivity index (χ4n) is 2.35. The van der Waals surface area contributed by atoms with Crippen molar-refractivity contribution >= 4 is 11.3 Å². The molecule has 0 saturated heterocycles. The van der Waals surface area contributed by atoms with Gasteiger partial charge in [-0.3, -0.25) is 0 Å². The Hall–Kier alpha value is -0.380. The number of nitrogens with two attached hydrogens (primary N) is 1. The van der Waals surface area contributed by atoms with Crippen LogP contribution in [0.5, 0.6) is 0 Å². The Labute approximate surface area is 89.5 Å². The first kappa shape index (κ1) is 10.1. The number of nitrogens with one attached hydrogen (secondary N) is 1. The van der Waals surface area contributed by atoms with Crippen LogP contribution in [0.3, 0.4) is 0 Å². The summed E-state index contributed by atoms with van der Waals surface area (Å²) in [6.07, 6.45) is 2.46. The van der Waals surface area contributed by atoms with E-state index in [0.29, 0.717) is 0 Å². The third-order valence-electron chi connectivity index (χ3n) is 3.09. The van der Waals surface area contributed by atoms with Crippen molar-refractivity contribution in [3.05, 3.63) is 22.4 Å². The maximum Gasteiger partial charge on any atom is 0.0312 e. The number of rotatable bonds is 4. The highest BCUT2D eigenvalue weighted by atomic mass is 32.1. The third kappa shape index (κ3) is 2.00. The van der Waals surface area contributed by atoms with Gasteiger partial charge in [0, 0.05) is 23.5 Å². The van der Waals surface area contributed by atoms with Crippen LogP contribution >= 0.6 is 11.3 Å². The maximum atomic E-state index is 5.81. The van der Waals surface area contributed by atoms with Gasteiger partial charge in [-0.05, 0) is 30.2 Å². The van der Waals surface area contributed by atoms with Crippen LogP contribution in [0.4, 0.5) is 0 Å². The summed E-state index contributed by atoms with van der Waals surface area (Å²) in [5, 5.41) is 5.72. The largest absolute Gasteiger partial charge is 0.329 e. The van der Waals surface area contributed by atoms with Crippen LogP contribution in [0.15, 0.2) is 17.5 Å². The zero-order chi connectivity index (χ0) is 10.0. The standard InChI is InChI=1S/C11H18N2S/c1-9-5-11(6-9,8-12)13-7-10-3-2-4-14-10/h2-4,9,13H,5-8,12H2,1H3. The summed E-state index contributed by atoms with van der Waals surface area (Å²) in [4.78, 5) is 1.40. The van der Waals surface area contributed by atoms with Crippen LogP contribution in [-0.4, -0.2) is 12.1 Å². The second kappa shape index (κ2) is 4.01. The van der Waals surface area contributed by atoms with Crippen molar-refractivity contribution in [2.24, 2.45) is 11.7 Å². The van der Waals surface area contributed by atoms with Crippen molar-refractivity contribution in [3.8, 4) is 0 Å². The lowest BCUT2D eigenvalue weighted by Gasteiger charge is -2.46. The first-order valence-corrected chi connectivity index (χ1v) is 6.09. The van der Waals surface area contributed by atoms with Crippen molar-refractivity contribution in [2.45, 2.75) is 31.8 Å². The average Bonchev–Trinajstić information content (AvgIpc) is 2.63. The monoisotopic (exact) mass is 210 g/mol. The van der Waals surface area contributed by atoms with Gasteiger partial charge >= 0.3 is 0 Å². The van der Waals surface area contributed by atoms with Crippen LogP contribution in [0.2, 0.25) is 0 Å². The Kier molecular flexibility index (Phi) is 2.91. The SMILES string of the molecule is CC1CC(CN)(NCc2cccs2)C1. The minimum absolute atomic E-state index is 0.239. The Balaban J connectivity index is 1.85. The maximum absolute atomic E-state index is 5.81. The van der Waals surface area contributed by atoms with E-state index in [4.69, 9.17) is 5.73 Å². The molecule has 0 bridgehead atoms. The Morgan fingerprint density at radius 2 is 2.43 bits per heavy atom. The first-order valence-electron chi connectivity index (χ1n) is 5.22. The highest BCUT2D eigenvalue weighted by molar-refractivity contribution is 7.09. The molecule has 0 amide bonds. The van der Waals surface area contributed by atoms with Gasteiger partial charge in [-0.1, -0.05) is 13.0 Å². The molecule has 1 heterocycles. The lowest BCUT2D eigenvalue weighted by atomic mass is 9.69. The number of hydrogen-bond acceptors (Lipinski definition) is 3. The predicted octanol–water partition coefficient (Wildman–Crippen LogP) is 1.97. The van der Waals surface area contributed by atoms with E-state index >= 15 is 0 Å². The fourth-order valence-corrected chi connectivity index (χ4v) is 2.99. The van der Waals surface area contributed by atoms with E-state index in [1.54, 1.807) is 11.3 Å². The summed E-state index contributed by atoms with van der Waals surface area (Å²) in [6, 6.07) is 4.27. The van der Waals surface area contributed by atoms with Crippen LogP contribution < -0.4 is 11.1 Å². The Morgan fingerprint density at radius 3 is 2.93 bits per heavy atom. The molecule has 1 aliphatic carbocycles. The Bertz CT molecular complexity index is 275. The second-order valence-corrected chi connectivity index (χ2v) is 5.46. The predicted molar refractivity (Wildman–Crippen MR) is 61.3 cm³/mol. The molecular formula is C11H18N2S. The van der Waals surface area contributed by atoms with Crippen molar-refractivity contribution in [2.75, 3.05) is 6.54 Å². The van der Waals surface area contributed by atoms with Gasteiger partial charge in [0.15, 0.2) is 0 Å². The molecule has 0 spiro atoms. The summed E-state index contributed by atoms with van der Waals surface area (Å²) in [5.74, 6) is 0.842. The minimum atomic E-state index is 0.239. The van der Waals surface area contributed by atoms with Gasteiger partial charge in [-0.25, -0.2) is 0 Å². The molecule has 0 aliphatic heterocycles. The minimum Gasteiger partial charge on any atom is -0.329 e. The summed E-state index contributed by atoms with van der Waals surface area (Å²) in [7, 11) is 0. The van der Waals surface area contributed by atoms with Crippen LogP contribution in [0.1, 0.15) is 24.6 Å². The van der Waals surface area contributed by atoms with Gasteiger partial charge in [0.25, 0.3) is 0 Å². The summed E-state index contributed by atoms with van der Waals surface area (Å²) in [5.41, 5.74) is 6.05. The van der Waals surface area contributed by atoms with Gasteiger partial charge in [-0.15, -0.1) is 11.3 Å². The van der Waals surface area contributed by atoms with Gasteiger partial charge in [-0.2, -0.15) is 0 Å². The van der Waals surface area contributed by atoms with E-state index < -0.39 is 0 Å². The number of hydrogen-bond donors (Lipinski definition) is 2. The van der Waals surface area contributed by atoms with E-state index in [9.17, 15) is 0 Å². The zero-order valence-electron chi connectivity index (χ0n) is 8.62. The van der Waals surface area contributed by atoms with Gasteiger partial charge < -0.3 is 11.1 Å². The molecule has 1 aromatic heterocycles.